The molecule has 1 amide bonds. The number of benzene rings is 4. The van der Waals surface area contributed by atoms with Crippen LogP contribution in [0.15, 0.2) is 123 Å². The third-order valence-corrected chi connectivity index (χ3v) is 10.2. The highest BCUT2D eigenvalue weighted by Crippen LogP contribution is 2.42. The number of amides is 1. The number of nitrogens with zero attached hydrogens (tertiary/aromatic N) is 2. The van der Waals surface area contributed by atoms with Crippen molar-refractivity contribution in [2.75, 3.05) is 13.1 Å². The van der Waals surface area contributed by atoms with Gasteiger partial charge in [-0.1, -0.05) is 91.0 Å². The van der Waals surface area contributed by atoms with Gasteiger partial charge in [0.05, 0.1) is 15.7 Å². The summed E-state index contributed by atoms with van der Waals surface area (Å²) in [7, 11) is -3.86. The van der Waals surface area contributed by atoms with E-state index in [1.54, 1.807) is 31.4 Å². The topological polar surface area (TPSA) is 98.8 Å². The lowest BCUT2D eigenvalue weighted by molar-refractivity contribution is 0.0295. The molecule has 9 heteroatoms. The molecule has 4 aromatic carbocycles. The van der Waals surface area contributed by atoms with Crippen molar-refractivity contribution in [1.29, 1.82) is 0 Å². The fraction of sp³-hybridized carbons (Fsp3) is 0.257. The van der Waals surface area contributed by atoms with Gasteiger partial charge in [-0.15, -0.1) is 0 Å². The van der Waals surface area contributed by atoms with Gasteiger partial charge < -0.3 is 14.1 Å². The Labute approximate surface area is 256 Å². The van der Waals surface area contributed by atoms with Crippen LogP contribution in [-0.2, 0) is 20.1 Å². The molecule has 1 aromatic heterocycles. The first-order chi connectivity index (χ1) is 21.0. The van der Waals surface area contributed by atoms with Crippen LogP contribution in [0.4, 0.5) is 4.79 Å². The average molecular weight is 611 g/mol. The molecule has 6 rings (SSSR count). The fourth-order valence-corrected chi connectivity index (χ4v) is 7.79. The Hall–Kier alpha value is -4.63. The first-order valence-corrected chi connectivity index (χ1v) is 16.1. The summed E-state index contributed by atoms with van der Waals surface area (Å²) in [6.45, 7) is 5.62. The van der Waals surface area contributed by atoms with Crippen LogP contribution in [-0.4, -0.2) is 47.9 Å². The Morgan fingerprint density at radius 3 is 1.84 bits per heavy atom. The Morgan fingerprint density at radius 2 is 1.34 bits per heavy atom. The Kier molecular flexibility index (Phi) is 7.45. The number of carbonyl (C=O) groups excluding carboxylic acids is 1. The van der Waals surface area contributed by atoms with E-state index >= 15 is 0 Å². The maximum Gasteiger partial charge on any atom is 0.421 e. The summed E-state index contributed by atoms with van der Waals surface area (Å²) in [5.41, 5.74) is 1.33. The molecular formula is C35H34N2O6S. The van der Waals surface area contributed by atoms with E-state index in [4.69, 9.17) is 9.15 Å². The largest absolute Gasteiger partial charge is 0.444 e. The number of carbonyl (C=O) groups is 1. The molecule has 8 nitrogen and oxygen atoms in total. The van der Waals surface area contributed by atoms with E-state index in [2.05, 4.69) is 0 Å². The molecule has 0 unspecified atom stereocenters. The molecule has 0 spiro atoms. The summed E-state index contributed by atoms with van der Waals surface area (Å²) in [5, 5.41) is -0.807. The molecule has 1 aliphatic rings. The molecule has 0 aliphatic carbocycles. The van der Waals surface area contributed by atoms with Crippen LogP contribution >= 0.6 is 0 Å². The number of fused-ring (bicyclic) bond motifs is 1. The van der Waals surface area contributed by atoms with Crippen LogP contribution in [0.3, 0.4) is 0 Å². The summed E-state index contributed by atoms with van der Waals surface area (Å²) >= 11 is 0. The van der Waals surface area contributed by atoms with Crippen molar-refractivity contribution in [2.24, 2.45) is 0 Å². The highest BCUT2D eigenvalue weighted by atomic mass is 32.2. The molecule has 226 valence electrons. The van der Waals surface area contributed by atoms with Gasteiger partial charge in [-0.2, -0.15) is 0 Å². The van der Waals surface area contributed by atoms with E-state index in [1.807, 2.05) is 91.0 Å². The lowest BCUT2D eigenvalue weighted by Crippen LogP contribution is -2.42. The molecule has 1 fully saturated rings. The van der Waals surface area contributed by atoms with E-state index in [0.29, 0.717) is 5.52 Å². The first-order valence-electron chi connectivity index (χ1n) is 14.6. The molecule has 44 heavy (non-hydrogen) atoms. The van der Waals surface area contributed by atoms with Gasteiger partial charge in [-0.05, 0) is 56.0 Å². The SMILES string of the molecule is CC(C)(C)OC(=O)N1CC[C@H](S(=O)(=O)c2ccc3c(c2)oc(=O)n3C(c2ccccc2)(c2ccccc2)c2ccccc2)C1. The van der Waals surface area contributed by atoms with E-state index < -0.39 is 38.1 Å². The third kappa shape index (κ3) is 5.11. The summed E-state index contributed by atoms with van der Waals surface area (Å²) in [5.74, 6) is -0.622. The third-order valence-electron chi connectivity index (χ3n) is 8.03. The number of sulfone groups is 1. The second-order valence-electron chi connectivity index (χ2n) is 12.0. The first kappa shape index (κ1) is 29.4. The molecular weight excluding hydrogens is 576 g/mol. The number of ether oxygens (including phenoxy) is 1. The van der Waals surface area contributed by atoms with Crippen LogP contribution in [0, 0.1) is 0 Å². The normalized spacial score (nSPS) is 15.9. The van der Waals surface area contributed by atoms with Crippen LogP contribution in [0.2, 0.25) is 0 Å². The molecule has 1 atom stereocenters. The van der Waals surface area contributed by atoms with E-state index in [1.165, 1.54) is 17.0 Å². The summed E-state index contributed by atoms with van der Waals surface area (Å²) in [6.07, 6.45) is -0.253. The lowest BCUT2D eigenvalue weighted by Gasteiger charge is -2.36. The van der Waals surface area contributed by atoms with Crippen molar-refractivity contribution in [1.82, 2.24) is 9.47 Å². The van der Waals surface area contributed by atoms with Gasteiger partial charge in [0.2, 0.25) is 0 Å². The van der Waals surface area contributed by atoms with Gasteiger partial charge in [-0.25, -0.2) is 18.0 Å². The van der Waals surface area contributed by atoms with Gasteiger partial charge in [0, 0.05) is 19.2 Å². The molecule has 1 saturated heterocycles. The highest BCUT2D eigenvalue weighted by molar-refractivity contribution is 7.92. The van der Waals surface area contributed by atoms with Crippen molar-refractivity contribution in [3.63, 3.8) is 0 Å². The van der Waals surface area contributed by atoms with Crippen molar-refractivity contribution < 1.29 is 22.4 Å². The molecule has 5 aromatic rings. The maximum atomic E-state index is 13.9. The number of hydrogen-bond acceptors (Lipinski definition) is 6. The molecule has 0 N–H and O–H groups in total. The zero-order valence-corrected chi connectivity index (χ0v) is 25.7. The number of aromatic nitrogens is 1. The van der Waals surface area contributed by atoms with Crippen molar-refractivity contribution in [3.05, 3.63) is 136 Å². The molecule has 0 saturated carbocycles. The molecule has 2 heterocycles. The van der Waals surface area contributed by atoms with Gasteiger partial charge in [0.15, 0.2) is 15.4 Å². The minimum atomic E-state index is -3.86. The molecule has 0 bridgehead atoms. The van der Waals surface area contributed by atoms with Crippen LogP contribution in [0.5, 0.6) is 0 Å². The zero-order chi connectivity index (χ0) is 31.1. The number of likely N-dealkylation sites (tertiary alicyclic amines) is 1. The van der Waals surface area contributed by atoms with E-state index in [0.717, 1.165) is 16.7 Å². The summed E-state index contributed by atoms with van der Waals surface area (Å²) < 4.78 is 40.5. The van der Waals surface area contributed by atoms with Crippen molar-refractivity contribution in [2.45, 2.75) is 48.5 Å². The van der Waals surface area contributed by atoms with Crippen molar-refractivity contribution in [3.8, 4) is 0 Å². The monoisotopic (exact) mass is 610 g/mol. The minimum Gasteiger partial charge on any atom is -0.444 e. The smallest absolute Gasteiger partial charge is 0.421 e. The van der Waals surface area contributed by atoms with Crippen LogP contribution < -0.4 is 5.76 Å². The maximum absolute atomic E-state index is 13.9. The van der Waals surface area contributed by atoms with E-state index in [-0.39, 0.29) is 30.0 Å². The Bertz CT molecular complexity index is 1860. The Balaban J connectivity index is 1.48. The van der Waals surface area contributed by atoms with Crippen molar-refractivity contribution >= 4 is 27.0 Å². The lowest BCUT2D eigenvalue weighted by atomic mass is 9.76. The predicted octanol–water partition coefficient (Wildman–Crippen LogP) is 6.22. The summed E-state index contributed by atoms with van der Waals surface area (Å²) in [4.78, 5) is 28.0. The number of hydrogen-bond donors (Lipinski definition) is 0. The quantitative estimate of drug-likeness (QED) is 0.212. The second-order valence-corrected chi connectivity index (χ2v) is 14.3. The van der Waals surface area contributed by atoms with Gasteiger partial charge in [0.25, 0.3) is 0 Å². The second kappa shape index (κ2) is 11.1. The fourth-order valence-electron chi connectivity index (χ4n) is 6.09. The highest BCUT2D eigenvalue weighted by Gasteiger charge is 2.42. The van der Waals surface area contributed by atoms with Gasteiger partial charge >= 0.3 is 11.8 Å². The van der Waals surface area contributed by atoms with Gasteiger partial charge in [-0.3, -0.25) is 4.57 Å². The number of rotatable bonds is 6. The van der Waals surface area contributed by atoms with Gasteiger partial charge in [0.1, 0.15) is 11.1 Å². The predicted molar refractivity (Wildman–Crippen MR) is 168 cm³/mol. The standard InChI is InChI=1S/C35H34N2O6S/c1-34(2,3)43-32(38)36-22-21-29(24-36)44(40,41)28-19-20-30-31(23-28)42-33(39)37(30)35(25-13-7-4-8-14-25,26-15-9-5-10-16-26)27-17-11-6-12-18-27/h4-20,23,29H,21-22,24H2,1-3H3/t29-/m0/s1. The van der Waals surface area contributed by atoms with Crippen LogP contribution in [0.25, 0.3) is 11.1 Å². The number of oxazole rings is 1. The molecule has 0 radical (unpaired) electrons. The average Bonchev–Trinajstić information content (AvgIpc) is 3.64. The molecule has 1 aliphatic heterocycles. The zero-order valence-electron chi connectivity index (χ0n) is 24.8. The van der Waals surface area contributed by atoms with E-state index in [9.17, 15) is 18.0 Å². The Morgan fingerprint density at radius 1 is 0.818 bits per heavy atom. The minimum absolute atomic E-state index is 0.0272. The summed E-state index contributed by atoms with van der Waals surface area (Å²) in [6, 6.07) is 33.7. The van der Waals surface area contributed by atoms with Crippen LogP contribution in [0.1, 0.15) is 43.9 Å².